The molecule has 2 heteroatoms. The van der Waals surface area contributed by atoms with Gasteiger partial charge < -0.3 is 9.47 Å². The third-order valence-corrected chi connectivity index (χ3v) is 3.05. The van der Waals surface area contributed by atoms with Crippen molar-refractivity contribution in [2.75, 3.05) is 13.2 Å². The fraction of sp³-hybridized carbons (Fsp3) is 1.00. The summed E-state index contributed by atoms with van der Waals surface area (Å²) in [5, 5.41) is 0. The van der Waals surface area contributed by atoms with Gasteiger partial charge in [-0.05, 0) is 32.1 Å². The van der Waals surface area contributed by atoms with Gasteiger partial charge in [0.25, 0.3) is 0 Å². The molecule has 1 aliphatic carbocycles. The van der Waals surface area contributed by atoms with E-state index in [4.69, 9.17) is 9.47 Å². The lowest BCUT2D eigenvalue weighted by Crippen LogP contribution is -2.26. The van der Waals surface area contributed by atoms with Gasteiger partial charge >= 0.3 is 0 Å². The van der Waals surface area contributed by atoms with Gasteiger partial charge in [0.2, 0.25) is 0 Å². The second-order valence-corrected chi connectivity index (χ2v) is 4.46. The summed E-state index contributed by atoms with van der Waals surface area (Å²) in [7, 11) is 0. The molecular weight excluding hydrogens is 188 g/mol. The van der Waals surface area contributed by atoms with Crippen LogP contribution < -0.4 is 0 Å². The average Bonchev–Trinajstić information content (AvgIpc) is 2.67. The lowest BCUT2D eigenvalue weighted by atomic mass is 10.2. The van der Waals surface area contributed by atoms with E-state index in [1.165, 1.54) is 44.9 Å². The Hall–Kier alpha value is -0.0800. The molecule has 0 aromatic carbocycles. The number of hydrogen-bond donors (Lipinski definition) is 0. The number of hydrogen-bond acceptors (Lipinski definition) is 2. The average molecular weight is 214 g/mol. The SMILES string of the molecule is CCCCOC1CCCC1OCCCC. The summed E-state index contributed by atoms with van der Waals surface area (Å²) in [5.41, 5.74) is 0. The van der Waals surface area contributed by atoms with Crippen LogP contribution in [0.3, 0.4) is 0 Å². The van der Waals surface area contributed by atoms with E-state index < -0.39 is 0 Å². The first-order chi connectivity index (χ1) is 7.38. The van der Waals surface area contributed by atoms with E-state index in [1.54, 1.807) is 0 Å². The highest BCUT2D eigenvalue weighted by molar-refractivity contribution is 4.78. The molecule has 0 aliphatic heterocycles. The molecule has 2 nitrogen and oxygen atoms in total. The van der Waals surface area contributed by atoms with E-state index in [0.29, 0.717) is 12.2 Å². The van der Waals surface area contributed by atoms with Crippen LogP contribution >= 0.6 is 0 Å². The highest BCUT2D eigenvalue weighted by Crippen LogP contribution is 2.25. The van der Waals surface area contributed by atoms with Crippen molar-refractivity contribution in [1.29, 1.82) is 0 Å². The molecular formula is C13H26O2. The first-order valence-corrected chi connectivity index (χ1v) is 6.61. The Bertz CT molecular complexity index is 131. The van der Waals surface area contributed by atoms with Crippen molar-refractivity contribution in [3.05, 3.63) is 0 Å². The van der Waals surface area contributed by atoms with Crippen LogP contribution in [-0.4, -0.2) is 25.4 Å². The van der Waals surface area contributed by atoms with Gasteiger partial charge in [0, 0.05) is 13.2 Å². The molecule has 2 unspecified atom stereocenters. The molecule has 1 aliphatic rings. The first-order valence-electron chi connectivity index (χ1n) is 6.61. The van der Waals surface area contributed by atoms with Gasteiger partial charge in [0.05, 0.1) is 12.2 Å². The van der Waals surface area contributed by atoms with Crippen LogP contribution in [0.25, 0.3) is 0 Å². The van der Waals surface area contributed by atoms with E-state index in [1.807, 2.05) is 0 Å². The minimum atomic E-state index is 0.383. The Morgan fingerprint density at radius 2 is 1.33 bits per heavy atom. The van der Waals surface area contributed by atoms with E-state index in [2.05, 4.69) is 13.8 Å². The van der Waals surface area contributed by atoms with Crippen molar-refractivity contribution >= 4 is 0 Å². The van der Waals surface area contributed by atoms with Gasteiger partial charge in [0.1, 0.15) is 0 Å². The van der Waals surface area contributed by atoms with E-state index in [9.17, 15) is 0 Å². The van der Waals surface area contributed by atoms with Crippen LogP contribution in [0, 0.1) is 0 Å². The highest BCUT2D eigenvalue weighted by atomic mass is 16.5. The molecule has 0 amide bonds. The van der Waals surface area contributed by atoms with Crippen molar-refractivity contribution in [2.24, 2.45) is 0 Å². The van der Waals surface area contributed by atoms with Gasteiger partial charge in [-0.1, -0.05) is 26.7 Å². The quantitative estimate of drug-likeness (QED) is 0.575. The Labute approximate surface area is 94.3 Å². The Morgan fingerprint density at radius 1 is 0.867 bits per heavy atom. The lowest BCUT2D eigenvalue weighted by Gasteiger charge is -2.20. The largest absolute Gasteiger partial charge is 0.376 e. The van der Waals surface area contributed by atoms with Gasteiger partial charge in [-0.2, -0.15) is 0 Å². The maximum Gasteiger partial charge on any atom is 0.0836 e. The number of rotatable bonds is 8. The fourth-order valence-electron chi connectivity index (χ4n) is 2.03. The summed E-state index contributed by atoms with van der Waals surface area (Å²) in [5.74, 6) is 0. The third kappa shape index (κ3) is 4.98. The minimum absolute atomic E-state index is 0.383. The summed E-state index contributed by atoms with van der Waals surface area (Å²) in [6.45, 7) is 6.23. The second-order valence-electron chi connectivity index (χ2n) is 4.46. The number of ether oxygens (including phenoxy) is 2. The van der Waals surface area contributed by atoms with E-state index >= 15 is 0 Å². The minimum Gasteiger partial charge on any atom is -0.376 e. The van der Waals surface area contributed by atoms with Crippen molar-refractivity contribution in [1.82, 2.24) is 0 Å². The normalized spacial score (nSPS) is 26.0. The van der Waals surface area contributed by atoms with E-state index in [0.717, 1.165) is 13.2 Å². The summed E-state index contributed by atoms with van der Waals surface area (Å²) >= 11 is 0. The van der Waals surface area contributed by atoms with Crippen LogP contribution in [0.4, 0.5) is 0 Å². The standard InChI is InChI=1S/C13H26O2/c1-3-5-10-14-12-8-7-9-13(12)15-11-6-4-2/h12-13H,3-11H2,1-2H3. The molecule has 1 saturated carbocycles. The van der Waals surface area contributed by atoms with Crippen molar-refractivity contribution in [3.63, 3.8) is 0 Å². The fourth-order valence-corrected chi connectivity index (χ4v) is 2.03. The molecule has 0 bridgehead atoms. The smallest absolute Gasteiger partial charge is 0.0836 e. The molecule has 0 N–H and O–H groups in total. The topological polar surface area (TPSA) is 18.5 Å². The van der Waals surface area contributed by atoms with Crippen molar-refractivity contribution in [3.8, 4) is 0 Å². The van der Waals surface area contributed by atoms with Gasteiger partial charge in [0.15, 0.2) is 0 Å². The molecule has 1 fully saturated rings. The summed E-state index contributed by atoms with van der Waals surface area (Å²) < 4.78 is 11.7. The molecule has 15 heavy (non-hydrogen) atoms. The molecule has 0 saturated heterocycles. The summed E-state index contributed by atoms with van der Waals surface area (Å²) in [4.78, 5) is 0. The highest BCUT2D eigenvalue weighted by Gasteiger charge is 2.28. The zero-order chi connectivity index (χ0) is 10.9. The Morgan fingerprint density at radius 3 is 1.73 bits per heavy atom. The number of unbranched alkanes of at least 4 members (excludes halogenated alkanes) is 2. The zero-order valence-corrected chi connectivity index (χ0v) is 10.3. The molecule has 0 aromatic rings. The van der Waals surface area contributed by atoms with Crippen LogP contribution in [0.1, 0.15) is 58.8 Å². The van der Waals surface area contributed by atoms with Crippen LogP contribution in [0.5, 0.6) is 0 Å². The van der Waals surface area contributed by atoms with Crippen LogP contribution in [-0.2, 0) is 9.47 Å². The molecule has 1 rings (SSSR count). The van der Waals surface area contributed by atoms with Gasteiger partial charge in [-0.3, -0.25) is 0 Å². The van der Waals surface area contributed by atoms with Crippen molar-refractivity contribution in [2.45, 2.75) is 71.0 Å². The molecule has 0 spiro atoms. The molecule has 90 valence electrons. The Kier molecular flexibility index (Phi) is 7.03. The Balaban J connectivity index is 2.11. The molecule has 2 atom stereocenters. The van der Waals surface area contributed by atoms with Crippen LogP contribution in [0.2, 0.25) is 0 Å². The third-order valence-electron chi connectivity index (χ3n) is 3.05. The summed E-state index contributed by atoms with van der Waals surface area (Å²) in [6.07, 6.45) is 9.22. The van der Waals surface area contributed by atoms with E-state index in [-0.39, 0.29) is 0 Å². The maximum atomic E-state index is 5.86. The van der Waals surface area contributed by atoms with Crippen molar-refractivity contribution < 1.29 is 9.47 Å². The van der Waals surface area contributed by atoms with Gasteiger partial charge in [-0.25, -0.2) is 0 Å². The summed E-state index contributed by atoms with van der Waals surface area (Å²) in [6, 6.07) is 0. The molecule has 0 heterocycles. The monoisotopic (exact) mass is 214 g/mol. The molecule has 0 aromatic heterocycles. The maximum absolute atomic E-state index is 5.86. The lowest BCUT2D eigenvalue weighted by molar-refractivity contribution is -0.0573. The second kappa shape index (κ2) is 8.12. The predicted molar refractivity (Wildman–Crippen MR) is 63.1 cm³/mol. The predicted octanol–water partition coefficient (Wildman–Crippen LogP) is 3.54. The van der Waals surface area contributed by atoms with Crippen LogP contribution in [0.15, 0.2) is 0 Å². The zero-order valence-electron chi connectivity index (χ0n) is 10.3. The molecule has 0 radical (unpaired) electrons. The first kappa shape index (κ1) is 13.0. The van der Waals surface area contributed by atoms with Gasteiger partial charge in [-0.15, -0.1) is 0 Å².